The summed E-state index contributed by atoms with van der Waals surface area (Å²) in [6.07, 6.45) is 6.39. The summed E-state index contributed by atoms with van der Waals surface area (Å²) in [4.78, 5) is 23.3. The monoisotopic (exact) mass is 261 g/mol. The van der Waals surface area contributed by atoms with Gasteiger partial charge in [-0.25, -0.2) is 9.97 Å². The molecule has 0 saturated heterocycles. The van der Waals surface area contributed by atoms with Crippen LogP contribution in [0.2, 0.25) is 0 Å². The first-order valence-electron chi connectivity index (χ1n) is 6.29. The van der Waals surface area contributed by atoms with Gasteiger partial charge in [0, 0.05) is 11.8 Å². The minimum Gasteiger partial charge on any atom is -0.481 e. The smallest absolute Gasteiger partial charge is 0.314 e. The number of hydrogen-bond acceptors (Lipinski definition) is 4. The van der Waals surface area contributed by atoms with Crippen molar-refractivity contribution < 1.29 is 14.6 Å². The average Bonchev–Trinajstić information content (AvgIpc) is 3.04. The Bertz CT molecular complexity index is 629. The van der Waals surface area contributed by atoms with Crippen LogP contribution in [0.3, 0.4) is 0 Å². The highest BCUT2D eigenvalue weighted by atomic mass is 16.5. The van der Waals surface area contributed by atoms with Gasteiger partial charge < -0.3 is 14.8 Å². The molecule has 0 aromatic carbocycles. The molecule has 19 heavy (non-hydrogen) atoms. The van der Waals surface area contributed by atoms with Crippen LogP contribution in [0.5, 0.6) is 5.88 Å². The molecule has 1 fully saturated rings. The Hall–Kier alpha value is -2.11. The zero-order chi connectivity index (χ0) is 13.5. The summed E-state index contributed by atoms with van der Waals surface area (Å²) >= 11 is 0. The molecule has 0 aliphatic heterocycles. The first-order chi connectivity index (χ1) is 9.17. The summed E-state index contributed by atoms with van der Waals surface area (Å²) in [6.45, 7) is 0. The van der Waals surface area contributed by atoms with Crippen molar-refractivity contribution in [1.82, 2.24) is 15.0 Å². The molecule has 1 aliphatic carbocycles. The molecule has 100 valence electrons. The van der Waals surface area contributed by atoms with Crippen molar-refractivity contribution in [2.45, 2.75) is 31.1 Å². The lowest BCUT2D eigenvalue weighted by Crippen LogP contribution is -2.32. The van der Waals surface area contributed by atoms with E-state index in [-0.39, 0.29) is 0 Å². The highest BCUT2D eigenvalue weighted by Gasteiger charge is 2.45. The van der Waals surface area contributed by atoms with Crippen LogP contribution in [0.15, 0.2) is 12.4 Å². The van der Waals surface area contributed by atoms with Gasteiger partial charge >= 0.3 is 5.97 Å². The van der Waals surface area contributed by atoms with E-state index in [1.165, 1.54) is 13.3 Å². The van der Waals surface area contributed by atoms with Crippen LogP contribution in [-0.4, -0.2) is 33.1 Å². The van der Waals surface area contributed by atoms with Crippen molar-refractivity contribution in [2.24, 2.45) is 0 Å². The number of aromatic nitrogens is 3. The van der Waals surface area contributed by atoms with Gasteiger partial charge in [0.2, 0.25) is 5.88 Å². The number of carboxylic acids is 1. The van der Waals surface area contributed by atoms with E-state index >= 15 is 0 Å². The van der Waals surface area contributed by atoms with Gasteiger partial charge in [-0.15, -0.1) is 0 Å². The van der Waals surface area contributed by atoms with Crippen molar-refractivity contribution in [3.63, 3.8) is 0 Å². The van der Waals surface area contributed by atoms with Gasteiger partial charge in [0.05, 0.1) is 18.7 Å². The summed E-state index contributed by atoms with van der Waals surface area (Å²) in [5.74, 6) is -0.387. The van der Waals surface area contributed by atoms with Crippen molar-refractivity contribution in [2.75, 3.05) is 7.11 Å². The summed E-state index contributed by atoms with van der Waals surface area (Å²) in [7, 11) is 1.52. The van der Waals surface area contributed by atoms with Crippen LogP contribution in [0.25, 0.3) is 11.2 Å². The van der Waals surface area contributed by atoms with Crippen LogP contribution >= 0.6 is 0 Å². The Kier molecular flexibility index (Phi) is 2.66. The predicted molar refractivity (Wildman–Crippen MR) is 68.2 cm³/mol. The molecule has 1 aliphatic rings. The maximum Gasteiger partial charge on any atom is 0.314 e. The Labute approximate surface area is 109 Å². The Morgan fingerprint density at radius 2 is 2.21 bits per heavy atom. The van der Waals surface area contributed by atoms with Gasteiger partial charge in [-0.2, -0.15) is 0 Å². The van der Waals surface area contributed by atoms with Crippen molar-refractivity contribution in [3.8, 4) is 5.88 Å². The lowest BCUT2D eigenvalue weighted by Gasteiger charge is -2.22. The zero-order valence-electron chi connectivity index (χ0n) is 10.6. The number of ether oxygens (including phenoxy) is 1. The number of carbonyl (C=O) groups is 1. The summed E-state index contributed by atoms with van der Waals surface area (Å²) < 4.78 is 5.07. The number of hydrogen-bond donors (Lipinski definition) is 2. The number of H-pyrrole nitrogens is 1. The number of nitrogens with one attached hydrogen (secondary N) is 1. The van der Waals surface area contributed by atoms with Gasteiger partial charge in [-0.1, -0.05) is 12.8 Å². The molecule has 0 atom stereocenters. The molecule has 6 heteroatoms. The van der Waals surface area contributed by atoms with E-state index in [1.54, 1.807) is 6.20 Å². The van der Waals surface area contributed by atoms with Crippen LogP contribution < -0.4 is 4.74 Å². The molecule has 0 spiro atoms. The van der Waals surface area contributed by atoms with E-state index in [1.807, 2.05) is 0 Å². The lowest BCUT2D eigenvalue weighted by molar-refractivity contribution is -0.143. The van der Waals surface area contributed by atoms with Gasteiger partial charge in [-0.3, -0.25) is 4.79 Å². The molecule has 2 aromatic rings. The maximum atomic E-state index is 11.7. The lowest BCUT2D eigenvalue weighted by atomic mass is 9.80. The molecule has 0 amide bonds. The first-order valence-corrected chi connectivity index (χ1v) is 6.29. The first kappa shape index (κ1) is 12.0. The number of aliphatic carboxylic acids is 1. The fourth-order valence-corrected chi connectivity index (χ4v) is 2.92. The summed E-state index contributed by atoms with van der Waals surface area (Å²) in [6, 6.07) is 0. The predicted octanol–water partition coefficient (Wildman–Crippen LogP) is 1.86. The molecule has 2 heterocycles. The molecule has 1 saturated carbocycles. The molecule has 2 N–H and O–H groups in total. The molecule has 2 aromatic heterocycles. The Morgan fingerprint density at radius 3 is 2.84 bits per heavy atom. The summed E-state index contributed by atoms with van der Waals surface area (Å²) in [5, 5.41) is 9.63. The second-order valence-corrected chi connectivity index (χ2v) is 4.91. The maximum absolute atomic E-state index is 11.7. The van der Waals surface area contributed by atoms with Gasteiger partial charge in [0.25, 0.3) is 0 Å². The summed E-state index contributed by atoms with van der Waals surface area (Å²) in [5.41, 5.74) is 1.09. The highest BCUT2D eigenvalue weighted by molar-refractivity contribution is 5.89. The van der Waals surface area contributed by atoms with Crippen LogP contribution in [0, 0.1) is 0 Å². The molecule has 0 bridgehead atoms. The molecule has 0 unspecified atom stereocenters. The molecule has 0 radical (unpaired) electrons. The van der Waals surface area contributed by atoms with Crippen LogP contribution in [-0.2, 0) is 10.2 Å². The third-order valence-electron chi connectivity index (χ3n) is 3.95. The number of methoxy groups -OCH3 is 1. The number of nitrogens with zero attached hydrogens (tertiary/aromatic N) is 2. The third-order valence-corrected chi connectivity index (χ3v) is 3.95. The van der Waals surface area contributed by atoms with E-state index in [2.05, 4.69) is 15.0 Å². The molecule has 3 rings (SSSR count). The number of carboxylic acid groups (broad SMARTS) is 1. The van der Waals surface area contributed by atoms with Crippen LogP contribution in [0.1, 0.15) is 31.2 Å². The number of fused-ring (bicyclic) bond motifs is 1. The fraction of sp³-hybridized carbons (Fsp3) is 0.462. The van der Waals surface area contributed by atoms with Gasteiger partial charge in [-0.05, 0) is 12.8 Å². The average molecular weight is 261 g/mol. The van der Waals surface area contributed by atoms with Gasteiger partial charge in [0.15, 0.2) is 5.65 Å². The van der Waals surface area contributed by atoms with Crippen LogP contribution in [0.4, 0.5) is 0 Å². The standard InChI is InChI=1S/C13H15N3O3/c1-19-9-7-15-11-10(16-9)8(6-14-11)13(12(17)18)4-2-3-5-13/h6-7H,2-5H2,1H3,(H,14,15)(H,17,18). The van der Waals surface area contributed by atoms with E-state index in [0.717, 1.165) is 18.4 Å². The second kappa shape index (κ2) is 4.22. The molecular formula is C13H15N3O3. The third kappa shape index (κ3) is 1.67. The normalized spacial score (nSPS) is 17.7. The number of rotatable bonds is 3. The SMILES string of the molecule is COc1cnc2[nH]cc(C3(C(=O)O)CCCC3)c2n1. The number of aromatic amines is 1. The van der Waals surface area contributed by atoms with E-state index in [9.17, 15) is 9.90 Å². The minimum absolute atomic E-state index is 0.395. The van der Waals surface area contributed by atoms with E-state index < -0.39 is 11.4 Å². The molecular weight excluding hydrogens is 246 g/mol. The van der Waals surface area contributed by atoms with Crippen molar-refractivity contribution in [3.05, 3.63) is 18.0 Å². The van der Waals surface area contributed by atoms with E-state index in [4.69, 9.17) is 4.74 Å². The Balaban J connectivity index is 2.21. The largest absolute Gasteiger partial charge is 0.481 e. The fourth-order valence-electron chi connectivity index (χ4n) is 2.92. The minimum atomic E-state index is -0.834. The van der Waals surface area contributed by atoms with E-state index in [0.29, 0.717) is 29.9 Å². The van der Waals surface area contributed by atoms with Crippen molar-refractivity contribution >= 4 is 17.1 Å². The topological polar surface area (TPSA) is 88.1 Å². The highest BCUT2D eigenvalue weighted by Crippen LogP contribution is 2.43. The van der Waals surface area contributed by atoms with Crippen molar-refractivity contribution in [1.29, 1.82) is 0 Å². The zero-order valence-corrected chi connectivity index (χ0v) is 10.6. The quantitative estimate of drug-likeness (QED) is 0.880. The van der Waals surface area contributed by atoms with Gasteiger partial charge in [0.1, 0.15) is 5.52 Å². The Morgan fingerprint density at radius 1 is 1.47 bits per heavy atom. The molecule has 6 nitrogen and oxygen atoms in total. The second-order valence-electron chi connectivity index (χ2n) is 4.91.